The number of likely N-dealkylation sites (tertiary alicyclic amines) is 1. The van der Waals surface area contributed by atoms with Crippen molar-refractivity contribution in [3.8, 4) is 0 Å². The monoisotopic (exact) mass is 417 g/mol. The number of benzene rings is 2. The quantitative estimate of drug-likeness (QED) is 0.411. The molecule has 1 unspecified atom stereocenters. The van der Waals surface area contributed by atoms with Gasteiger partial charge in [-0.25, -0.2) is 0 Å². The molecule has 2 aromatic carbocycles. The van der Waals surface area contributed by atoms with Gasteiger partial charge in [0.1, 0.15) is 0 Å². The summed E-state index contributed by atoms with van der Waals surface area (Å²) in [4.78, 5) is 10.5. The molecule has 5 nitrogen and oxygen atoms in total. The van der Waals surface area contributed by atoms with Gasteiger partial charge in [-0.15, -0.1) is 0 Å². The largest absolute Gasteiger partial charge is 0.361 e. The van der Waals surface area contributed by atoms with Gasteiger partial charge in [0, 0.05) is 55.9 Å². The van der Waals surface area contributed by atoms with Gasteiger partial charge in [-0.3, -0.25) is 9.89 Å². The molecule has 0 radical (unpaired) electrons. The fourth-order valence-corrected chi connectivity index (χ4v) is 4.65. The van der Waals surface area contributed by atoms with E-state index in [0.29, 0.717) is 12.1 Å². The van der Waals surface area contributed by atoms with Crippen molar-refractivity contribution in [3.05, 3.63) is 71.4 Å². The van der Waals surface area contributed by atoms with Gasteiger partial charge in [-0.1, -0.05) is 48.5 Å². The number of hydrogen-bond acceptors (Lipinski definition) is 2. The number of rotatable bonds is 6. The lowest BCUT2D eigenvalue weighted by atomic mass is 10.0. The first-order valence-corrected chi connectivity index (χ1v) is 11.5. The highest BCUT2D eigenvalue weighted by atomic mass is 15.2. The van der Waals surface area contributed by atoms with Crippen LogP contribution in [0.5, 0.6) is 0 Å². The van der Waals surface area contributed by atoms with Crippen LogP contribution in [0.3, 0.4) is 0 Å². The maximum Gasteiger partial charge on any atom is 0.191 e. The molecule has 1 aromatic heterocycles. The van der Waals surface area contributed by atoms with E-state index in [1.807, 2.05) is 7.05 Å². The van der Waals surface area contributed by atoms with Crippen molar-refractivity contribution in [3.63, 3.8) is 0 Å². The second kappa shape index (κ2) is 10.0. The van der Waals surface area contributed by atoms with Crippen LogP contribution in [0.2, 0.25) is 0 Å². The summed E-state index contributed by atoms with van der Waals surface area (Å²) < 4.78 is 0. The van der Waals surface area contributed by atoms with E-state index in [0.717, 1.165) is 44.9 Å². The Morgan fingerprint density at radius 1 is 1.13 bits per heavy atom. The molecule has 164 valence electrons. The van der Waals surface area contributed by atoms with Crippen LogP contribution in [-0.4, -0.2) is 48.6 Å². The Morgan fingerprint density at radius 3 is 2.65 bits per heavy atom. The average molecular weight is 418 g/mol. The summed E-state index contributed by atoms with van der Waals surface area (Å²) in [6.45, 7) is 7.55. The predicted molar refractivity (Wildman–Crippen MR) is 131 cm³/mol. The number of piperidine rings is 1. The number of H-pyrrole nitrogens is 1. The molecule has 3 aromatic rings. The summed E-state index contributed by atoms with van der Waals surface area (Å²) in [5, 5.41) is 8.46. The standard InChI is InChI=1S/C26H35N5/c1-19-8-7-11-24-22(18-29-25(19)24)12-15-28-26(27-3)30-23-13-16-31(17-14-23)20(2)21-9-5-4-6-10-21/h4-11,18,20,23,29H,12-17H2,1-3H3,(H2,27,28,30). The molecule has 1 atom stereocenters. The molecule has 2 heterocycles. The zero-order chi connectivity index (χ0) is 21.6. The van der Waals surface area contributed by atoms with Crippen LogP contribution in [-0.2, 0) is 6.42 Å². The van der Waals surface area contributed by atoms with Crippen molar-refractivity contribution in [2.45, 2.75) is 45.2 Å². The van der Waals surface area contributed by atoms with Gasteiger partial charge in [0.05, 0.1) is 0 Å². The summed E-state index contributed by atoms with van der Waals surface area (Å²) in [6.07, 6.45) is 5.38. The Labute approximate surface area is 186 Å². The average Bonchev–Trinajstić information content (AvgIpc) is 3.23. The molecule has 0 bridgehead atoms. The third kappa shape index (κ3) is 5.10. The van der Waals surface area contributed by atoms with Crippen LogP contribution in [0.1, 0.15) is 42.5 Å². The normalized spacial score (nSPS) is 17.1. The van der Waals surface area contributed by atoms with Crippen molar-refractivity contribution in [2.24, 2.45) is 4.99 Å². The van der Waals surface area contributed by atoms with Gasteiger partial charge in [0.15, 0.2) is 5.96 Å². The van der Waals surface area contributed by atoms with E-state index in [1.54, 1.807) is 0 Å². The van der Waals surface area contributed by atoms with E-state index < -0.39 is 0 Å². The Bertz CT molecular complexity index is 999. The minimum Gasteiger partial charge on any atom is -0.361 e. The summed E-state index contributed by atoms with van der Waals surface area (Å²) in [5.74, 6) is 0.908. The molecule has 1 fully saturated rings. The fourth-order valence-electron chi connectivity index (χ4n) is 4.65. The molecular weight excluding hydrogens is 382 g/mol. The molecule has 0 spiro atoms. The molecule has 5 heteroatoms. The summed E-state index contributed by atoms with van der Waals surface area (Å²) in [5.41, 5.74) is 5.29. The van der Waals surface area contributed by atoms with Crippen molar-refractivity contribution in [2.75, 3.05) is 26.7 Å². The number of hydrogen-bond donors (Lipinski definition) is 3. The lowest BCUT2D eigenvalue weighted by Gasteiger charge is -2.37. The summed E-state index contributed by atoms with van der Waals surface area (Å²) in [6, 6.07) is 18.2. The highest BCUT2D eigenvalue weighted by Gasteiger charge is 2.24. The van der Waals surface area contributed by atoms with Crippen LogP contribution in [0.15, 0.2) is 59.7 Å². The Balaban J connectivity index is 1.24. The van der Waals surface area contributed by atoms with Crippen LogP contribution in [0.4, 0.5) is 0 Å². The number of aromatic nitrogens is 1. The Kier molecular flexibility index (Phi) is 6.92. The first kappa shape index (κ1) is 21.4. The first-order valence-electron chi connectivity index (χ1n) is 11.5. The molecule has 1 saturated heterocycles. The smallest absolute Gasteiger partial charge is 0.191 e. The third-order valence-corrected chi connectivity index (χ3v) is 6.62. The van der Waals surface area contributed by atoms with Gasteiger partial charge in [-0.05, 0) is 49.8 Å². The van der Waals surface area contributed by atoms with Gasteiger partial charge >= 0.3 is 0 Å². The van der Waals surface area contributed by atoms with Gasteiger partial charge < -0.3 is 15.6 Å². The molecule has 0 amide bonds. The first-order chi connectivity index (χ1) is 15.2. The molecule has 1 aliphatic heterocycles. The van der Waals surface area contributed by atoms with Crippen molar-refractivity contribution >= 4 is 16.9 Å². The van der Waals surface area contributed by atoms with Crippen molar-refractivity contribution in [1.29, 1.82) is 0 Å². The van der Waals surface area contributed by atoms with Crippen LogP contribution in [0.25, 0.3) is 10.9 Å². The lowest BCUT2D eigenvalue weighted by Crippen LogP contribution is -2.49. The number of fused-ring (bicyclic) bond motifs is 1. The lowest BCUT2D eigenvalue weighted by molar-refractivity contribution is 0.158. The predicted octanol–water partition coefficient (Wildman–Crippen LogP) is 4.41. The minimum atomic E-state index is 0.472. The molecule has 0 saturated carbocycles. The van der Waals surface area contributed by atoms with Crippen LogP contribution in [0, 0.1) is 6.92 Å². The van der Waals surface area contributed by atoms with E-state index >= 15 is 0 Å². The molecule has 1 aliphatic rings. The number of guanidine groups is 1. The van der Waals surface area contributed by atoms with Gasteiger partial charge in [0.25, 0.3) is 0 Å². The number of nitrogens with zero attached hydrogens (tertiary/aromatic N) is 2. The minimum absolute atomic E-state index is 0.472. The topological polar surface area (TPSA) is 55.5 Å². The van der Waals surface area contributed by atoms with E-state index in [9.17, 15) is 0 Å². The van der Waals surface area contributed by atoms with Crippen LogP contribution < -0.4 is 10.6 Å². The van der Waals surface area contributed by atoms with E-state index in [-0.39, 0.29) is 0 Å². The Morgan fingerprint density at radius 2 is 1.90 bits per heavy atom. The molecule has 4 rings (SSSR count). The van der Waals surface area contributed by atoms with Crippen molar-refractivity contribution < 1.29 is 0 Å². The second-order valence-electron chi connectivity index (χ2n) is 8.60. The van der Waals surface area contributed by atoms with Gasteiger partial charge in [-0.2, -0.15) is 0 Å². The van der Waals surface area contributed by atoms with Crippen LogP contribution >= 0.6 is 0 Å². The number of aryl methyl sites for hydroxylation is 1. The molecule has 3 N–H and O–H groups in total. The number of aliphatic imine (C=N–C) groups is 1. The number of aromatic amines is 1. The van der Waals surface area contributed by atoms with E-state index in [2.05, 4.69) is 94.1 Å². The Hall–Kier alpha value is -2.79. The molecular formula is C26H35N5. The highest BCUT2D eigenvalue weighted by Crippen LogP contribution is 2.24. The zero-order valence-corrected chi connectivity index (χ0v) is 19.0. The maximum absolute atomic E-state index is 4.45. The zero-order valence-electron chi connectivity index (χ0n) is 19.0. The SMILES string of the molecule is CN=C(NCCc1c[nH]c2c(C)cccc12)NC1CCN(C(C)c2ccccc2)CC1. The maximum atomic E-state index is 4.45. The molecule has 31 heavy (non-hydrogen) atoms. The number of nitrogens with one attached hydrogen (secondary N) is 3. The summed E-state index contributed by atoms with van der Waals surface area (Å²) in [7, 11) is 1.86. The second-order valence-corrected chi connectivity index (χ2v) is 8.60. The number of para-hydroxylation sites is 1. The fraction of sp³-hybridized carbons (Fsp3) is 0.423. The van der Waals surface area contributed by atoms with E-state index in [1.165, 1.54) is 27.6 Å². The highest BCUT2D eigenvalue weighted by molar-refractivity contribution is 5.86. The third-order valence-electron chi connectivity index (χ3n) is 6.62. The van der Waals surface area contributed by atoms with Crippen molar-refractivity contribution in [1.82, 2.24) is 20.5 Å². The molecule has 0 aliphatic carbocycles. The van der Waals surface area contributed by atoms with Gasteiger partial charge in [0.2, 0.25) is 0 Å². The summed E-state index contributed by atoms with van der Waals surface area (Å²) >= 11 is 0. The van der Waals surface area contributed by atoms with E-state index in [4.69, 9.17) is 0 Å².